The molecule has 6 unspecified atom stereocenters. The fourth-order valence-corrected chi connectivity index (χ4v) is 5.94. The van der Waals surface area contributed by atoms with Gasteiger partial charge in [-0.1, -0.05) is 19.1 Å². The lowest BCUT2D eigenvalue weighted by molar-refractivity contribution is -0.218. The molecular formula is C20H33N3O2. The van der Waals surface area contributed by atoms with Gasteiger partial charge in [-0.05, 0) is 51.4 Å². The maximum Gasteiger partial charge on any atom is 0.124 e. The van der Waals surface area contributed by atoms with Crippen LogP contribution in [-0.2, 0) is 9.47 Å². The molecule has 0 aromatic carbocycles. The lowest BCUT2D eigenvalue weighted by Gasteiger charge is -2.58. The van der Waals surface area contributed by atoms with Crippen molar-refractivity contribution in [2.24, 2.45) is 0 Å². The average Bonchev–Trinajstić information content (AvgIpc) is 2.90. The van der Waals surface area contributed by atoms with Crippen LogP contribution < -0.4 is 10.6 Å². The fourth-order valence-electron chi connectivity index (χ4n) is 5.94. The van der Waals surface area contributed by atoms with Gasteiger partial charge < -0.3 is 9.47 Å². The number of hydrogen-bond acceptors (Lipinski definition) is 5. The molecule has 6 atom stereocenters. The Bertz CT molecular complexity index is 533. The van der Waals surface area contributed by atoms with Crippen LogP contribution in [0.15, 0.2) is 12.2 Å². The molecule has 0 aliphatic carbocycles. The Hall–Kier alpha value is -0.460. The molecule has 5 aliphatic rings. The molecular weight excluding hydrogens is 314 g/mol. The first kappa shape index (κ1) is 16.7. The van der Waals surface area contributed by atoms with Crippen LogP contribution in [0.2, 0.25) is 0 Å². The van der Waals surface area contributed by atoms with Gasteiger partial charge in [0.25, 0.3) is 0 Å². The Morgan fingerprint density at radius 3 is 2.64 bits per heavy atom. The first-order valence-corrected chi connectivity index (χ1v) is 10.5. The molecule has 0 bridgehead atoms. The molecule has 5 aliphatic heterocycles. The van der Waals surface area contributed by atoms with E-state index in [4.69, 9.17) is 9.47 Å². The molecule has 5 heteroatoms. The Morgan fingerprint density at radius 1 is 1.08 bits per heavy atom. The highest BCUT2D eigenvalue weighted by molar-refractivity contribution is 5.09. The van der Waals surface area contributed by atoms with Crippen LogP contribution >= 0.6 is 0 Å². The molecule has 0 amide bonds. The van der Waals surface area contributed by atoms with Crippen molar-refractivity contribution >= 4 is 0 Å². The lowest BCUT2D eigenvalue weighted by Crippen LogP contribution is -2.78. The summed E-state index contributed by atoms with van der Waals surface area (Å²) in [5.41, 5.74) is -0.303. The topological polar surface area (TPSA) is 45.8 Å². The van der Waals surface area contributed by atoms with Gasteiger partial charge in [0, 0.05) is 31.5 Å². The summed E-state index contributed by atoms with van der Waals surface area (Å²) in [6.07, 6.45) is 16.7. The van der Waals surface area contributed by atoms with E-state index in [1.165, 1.54) is 25.7 Å². The van der Waals surface area contributed by atoms with E-state index in [9.17, 15) is 0 Å². The summed E-state index contributed by atoms with van der Waals surface area (Å²) in [5, 5.41) is 7.81. The number of rotatable bonds is 1. The van der Waals surface area contributed by atoms with Crippen molar-refractivity contribution in [1.82, 2.24) is 15.5 Å². The van der Waals surface area contributed by atoms with E-state index in [-0.39, 0.29) is 23.8 Å². The first-order valence-electron chi connectivity index (χ1n) is 10.5. The summed E-state index contributed by atoms with van der Waals surface area (Å²) in [4.78, 5) is 2.71. The smallest absolute Gasteiger partial charge is 0.124 e. The molecule has 0 radical (unpaired) electrons. The van der Waals surface area contributed by atoms with Crippen molar-refractivity contribution in [3.05, 3.63) is 12.2 Å². The van der Waals surface area contributed by atoms with E-state index >= 15 is 0 Å². The molecule has 0 aromatic rings. The number of nitrogens with zero attached hydrogens (tertiary/aromatic N) is 1. The minimum atomic E-state index is -0.189. The van der Waals surface area contributed by atoms with Crippen LogP contribution in [0.5, 0.6) is 0 Å². The van der Waals surface area contributed by atoms with Gasteiger partial charge in [0.1, 0.15) is 17.7 Å². The minimum absolute atomic E-state index is 0.113. The van der Waals surface area contributed by atoms with E-state index < -0.39 is 0 Å². The predicted octanol–water partition coefficient (Wildman–Crippen LogP) is 2.83. The molecule has 5 heterocycles. The second-order valence-electron chi connectivity index (χ2n) is 8.76. The van der Waals surface area contributed by atoms with E-state index in [0.29, 0.717) is 12.1 Å². The lowest BCUT2D eigenvalue weighted by atomic mass is 9.90. The zero-order valence-corrected chi connectivity index (χ0v) is 15.5. The highest BCUT2D eigenvalue weighted by Gasteiger charge is 2.56. The standard InChI is InChI=1S/C20H33N3O2/c1-2-17-7-3-4-11-20(25-17)14-16-9-8-15-13-19(10-5-6-12-24-19)21-18(22-20)23(15)16/h3,7,15-18,21-22H,2,4-6,8-14H2,1H3. The van der Waals surface area contributed by atoms with Gasteiger partial charge >= 0.3 is 0 Å². The molecule has 4 saturated heterocycles. The van der Waals surface area contributed by atoms with Crippen LogP contribution in [0, 0.1) is 0 Å². The average molecular weight is 348 g/mol. The third-order valence-electron chi connectivity index (χ3n) is 7.10. The molecule has 2 spiro atoms. The molecule has 25 heavy (non-hydrogen) atoms. The van der Waals surface area contributed by atoms with Crippen LogP contribution in [0.25, 0.3) is 0 Å². The Balaban J connectivity index is 1.41. The number of nitrogens with one attached hydrogen (secondary N) is 2. The third-order valence-corrected chi connectivity index (χ3v) is 7.10. The Morgan fingerprint density at radius 2 is 1.88 bits per heavy atom. The summed E-state index contributed by atoms with van der Waals surface area (Å²) in [7, 11) is 0. The van der Waals surface area contributed by atoms with Gasteiger partial charge in [0.05, 0.1) is 6.10 Å². The van der Waals surface area contributed by atoms with Gasteiger partial charge in [0.15, 0.2) is 0 Å². The third kappa shape index (κ3) is 2.88. The van der Waals surface area contributed by atoms with E-state index in [0.717, 1.165) is 45.1 Å². The molecule has 4 fully saturated rings. The van der Waals surface area contributed by atoms with Crippen molar-refractivity contribution in [3.63, 3.8) is 0 Å². The van der Waals surface area contributed by atoms with Crippen molar-refractivity contribution < 1.29 is 9.47 Å². The normalized spacial score (nSPS) is 50.1. The fraction of sp³-hybridized carbons (Fsp3) is 0.900. The van der Waals surface area contributed by atoms with Crippen LogP contribution in [0.1, 0.15) is 71.1 Å². The molecule has 0 aromatic heterocycles. The van der Waals surface area contributed by atoms with Crippen molar-refractivity contribution in [1.29, 1.82) is 0 Å². The molecule has 140 valence electrons. The van der Waals surface area contributed by atoms with Gasteiger partial charge in [-0.2, -0.15) is 0 Å². The number of ether oxygens (including phenoxy) is 2. The minimum Gasteiger partial charge on any atom is -0.360 e. The zero-order chi connectivity index (χ0) is 16.9. The molecule has 0 saturated carbocycles. The van der Waals surface area contributed by atoms with Crippen LogP contribution in [0.4, 0.5) is 0 Å². The second-order valence-corrected chi connectivity index (χ2v) is 8.76. The highest BCUT2D eigenvalue weighted by Crippen LogP contribution is 2.45. The van der Waals surface area contributed by atoms with E-state index in [1.807, 2.05) is 0 Å². The monoisotopic (exact) mass is 347 g/mol. The Kier molecular flexibility index (Phi) is 4.21. The van der Waals surface area contributed by atoms with Crippen LogP contribution in [0.3, 0.4) is 0 Å². The van der Waals surface area contributed by atoms with Gasteiger partial charge in [-0.3, -0.25) is 15.5 Å². The Labute approximate surface area is 151 Å². The summed E-state index contributed by atoms with van der Waals surface area (Å²) in [5.74, 6) is 0. The molecule has 5 nitrogen and oxygen atoms in total. The largest absolute Gasteiger partial charge is 0.360 e. The summed E-state index contributed by atoms with van der Waals surface area (Å²) < 4.78 is 13.0. The maximum atomic E-state index is 6.66. The van der Waals surface area contributed by atoms with Crippen molar-refractivity contribution in [2.45, 2.75) is 107 Å². The van der Waals surface area contributed by atoms with Crippen molar-refractivity contribution in [2.75, 3.05) is 6.61 Å². The maximum absolute atomic E-state index is 6.66. The zero-order valence-electron chi connectivity index (χ0n) is 15.5. The first-order chi connectivity index (χ1) is 12.2. The van der Waals surface area contributed by atoms with Crippen LogP contribution in [-0.4, -0.2) is 47.4 Å². The number of allylic oxidation sites excluding steroid dienone is 1. The van der Waals surface area contributed by atoms with E-state index in [2.05, 4.69) is 34.6 Å². The van der Waals surface area contributed by atoms with Gasteiger partial charge in [0.2, 0.25) is 0 Å². The van der Waals surface area contributed by atoms with Gasteiger partial charge in [-0.25, -0.2) is 0 Å². The second kappa shape index (κ2) is 6.31. The molecule has 2 N–H and O–H groups in total. The van der Waals surface area contributed by atoms with Gasteiger partial charge in [-0.15, -0.1) is 0 Å². The highest BCUT2D eigenvalue weighted by atomic mass is 16.5. The SMILES string of the molecule is CCC1C=CCCC2(CC3CCC4CC5(CCCCO5)NC(N2)N43)O1. The number of hydrogen-bond donors (Lipinski definition) is 2. The quantitative estimate of drug-likeness (QED) is 0.714. The summed E-state index contributed by atoms with van der Waals surface area (Å²) in [6, 6.07) is 1.30. The predicted molar refractivity (Wildman–Crippen MR) is 96.7 cm³/mol. The van der Waals surface area contributed by atoms with Crippen molar-refractivity contribution in [3.8, 4) is 0 Å². The van der Waals surface area contributed by atoms with E-state index in [1.54, 1.807) is 0 Å². The molecule has 5 rings (SSSR count). The summed E-state index contributed by atoms with van der Waals surface area (Å²) in [6.45, 7) is 3.12. The summed E-state index contributed by atoms with van der Waals surface area (Å²) >= 11 is 0.